The molecular formula is C13H13ClO3. The largest absolute Gasteiger partial charge is 0.465 e. The molecule has 17 heavy (non-hydrogen) atoms. The van der Waals surface area contributed by atoms with E-state index in [1.807, 2.05) is 13.8 Å². The van der Waals surface area contributed by atoms with Crippen molar-refractivity contribution in [2.45, 2.75) is 13.8 Å². The Hall–Kier alpha value is -1.61. The number of rotatable bonds is 3. The minimum Gasteiger partial charge on any atom is -0.465 e. The van der Waals surface area contributed by atoms with Crippen LogP contribution in [-0.2, 0) is 4.74 Å². The molecule has 0 heterocycles. The first-order valence-electron chi connectivity index (χ1n) is 5.02. The van der Waals surface area contributed by atoms with E-state index in [4.69, 9.17) is 11.6 Å². The predicted octanol–water partition coefficient (Wildman–Crippen LogP) is 3.28. The van der Waals surface area contributed by atoms with Crippen LogP contribution in [0.1, 0.15) is 34.6 Å². The summed E-state index contributed by atoms with van der Waals surface area (Å²) in [5.41, 5.74) is 1.34. The van der Waals surface area contributed by atoms with Crippen molar-refractivity contribution >= 4 is 23.4 Å². The molecule has 0 radical (unpaired) electrons. The highest BCUT2D eigenvalue weighted by atomic mass is 35.5. The van der Waals surface area contributed by atoms with Gasteiger partial charge in [0.2, 0.25) is 0 Å². The van der Waals surface area contributed by atoms with Crippen LogP contribution in [0.4, 0.5) is 0 Å². The molecular weight excluding hydrogens is 240 g/mol. The molecule has 0 fully saturated rings. The summed E-state index contributed by atoms with van der Waals surface area (Å²) in [5.74, 6) is -0.805. The zero-order valence-corrected chi connectivity index (χ0v) is 10.7. The van der Waals surface area contributed by atoms with Crippen molar-refractivity contribution < 1.29 is 14.3 Å². The van der Waals surface area contributed by atoms with Crippen LogP contribution in [0.2, 0.25) is 5.02 Å². The Kier molecular flexibility index (Phi) is 4.46. The van der Waals surface area contributed by atoms with Crippen molar-refractivity contribution in [2.24, 2.45) is 0 Å². The molecule has 0 atom stereocenters. The van der Waals surface area contributed by atoms with E-state index in [0.717, 1.165) is 5.57 Å². The molecule has 3 nitrogen and oxygen atoms in total. The monoisotopic (exact) mass is 252 g/mol. The molecule has 0 saturated heterocycles. The van der Waals surface area contributed by atoms with Gasteiger partial charge in [0.25, 0.3) is 0 Å². The van der Waals surface area contributed by atoms with Gasteiger partial charge in [-0.3, -0.25) is 4.79 Å². The van der Waals surface area contributed by atoms with E-state index in [1.54, 1.807) is 6.07 Å². The first kappa shape index (κ1) is 13.5. The maximum atomic E-state index is 11.9. The van der Waals surface area contributed by atoms with Crippen LogP contribution in [0.25, 0.3) is 0 Å². The lowest BCUT2D eigenvalue weighted by Gasteiger charge is -2.05. The van der Waals surface area contributed by atoms with Crippen LogP contribution >= 0.6 is 11.6 Å². The van der Waals surface area contributed by atoms with Crippen LogP contribution in [0.3, 0.4) is 0 Å². The fourth-order valence-corrected chi connectivity index (χ4v) is 1.52. The summed E-state index contributed by atoms with van der Waals surface area (Å²) in [6.45, 7) is 3.62. The van der Waals surface area contributed by atoms with E-state index in [1.165, 1.54) is 25.3 Å². The van der Waals surface area contributed by atoms with Gasteiger partial charge in [0.1, 0.15) is 0 Å². The molecule has 0 aliphatic carbocycles. The maximum absolute atomic E-state index is 11.9. The zero-order valence-electron chi connectivity index (χ0n) is 9.91. The minimum absolute atomic E-state index is 0.183. The molecule has 90 valence electrons. The molecule has 0 N–H and O–H groups in total. The van der Waals surface area contributed by atoms with Gasteiger partial charge >= 0.3 is 5.97 Å². The number of carbonyl (C=O) groups excluding carboxylic acids is 2. The fraction of sp³-hybridized carbons (Fsp3) is 0.231. The predicted molar refractivity (Wildman–Crippen MR) is 66.6 cm³/mol. The third-order valence-corrected chi connectivity index (χ3v) is 2.31. The van der Waals surface area contributed by atoms with Gasteiger partial charge in [-0.2, -0.15) is 0 Å². The van der Waals surface area contributed by atoms with E-state index in [2.05, 4.69) is 4.74 Å². The van der Waals surface area contributed by atoms with Gasteiger partial charge in [-0.25, -0.2) is 4.79 Å². The number of halogens is 1. The number of allylic oxidation sites excluding steroid dienone is 2. The van der Waals surface area contributed by atoms with Gasteiger partial charge in [-0.05, 0) is 38.1 Å². The van der Waals surface area contributed by atoms with E-state index in [9.17, 15) is 9.59 Å². The summed E-state index contributed by atoms with van der Waals surface area (Å²) in [6, 6.07) is 4.52. The number of carbonyl (C=O) groups is 2. The van der Waals surface area contributed by atoms with Crippen molar-refractivity contribution in [3.8, 4) is 0 Å². The first-order valence-corrected chi connectivity index (χ1v) is 5.40. The highest BCUT2D eigenvalue weighted by Crippen LogP contribution is 2.18. The third-order valence-electron chi connectivity index (χ3n) is 2.07. The van der Waals surface area contributed by atoms with Gasteiger partial charge < -0.3 is 4.74 Å². The van der Waals surface area contributed by atoms with E-state index >= 15 is 0 Å². The molecule has 4 heteroatoms. The second-order valence-electron chi connectivity index (χ2n) is 3.77. The minimum atomic E-state index is -0.571. The molecule has 0 aromatic heterocycles. The maximum Gasteiger partial charge on any atom is 0.338 e. The number of ether oxygens (including phenoxy) is 1. The van der Waals surface area contributed by atoms with Crippen LogP contribution < -0.4 is 0 Å². The first-order chi connectivity index (χ1) is 7.95. The summed E-state index contributed by atoms with van der Waals surface area (Å²) < 4.78 is 4.62. The molecule has 0 aliphatic rings. The SMILES string of the molecule is COC(=O)c1cc(Cl)ccc1C(=O)C=C(C)C. The Morgan fingerprint density at radius 1 is 1.24 bits per heavy atom. The Balaban J connectivity index is 3.28. The summed E-state index contributed by atoms with van der Waals surface area (Å²) in [5, 5.41) is 0.388. The number of hydrogen-bond donors (Lipinski definition) is 0. The summed E-state index contributed by atoms with van der Waals surface area (Å²) >= 11 is 5.79. The quantitative estimate of drug-likeness (QED) is 0.471. The second-order valence-corrected chi connectivity index (χ2v) is 4.20. The summed E-state index contributed by atoms with van der Waals surface area (Å²) in [6.07, 6.45) is 1.47. The lowest BCUT2D eigenvalue weighted by Crippen LogP contribution is -2.09. The molecule has 0 bridgehead atoms. The van der Waals surface area contributed by atoms with Crippen molar-refractivity contribution in [2.75, 3.05) is 7.11 Å². The average Bonchev–Trinajstić information content (AvgIpc) is 2.26. The highest BCUT2D eigenvalue weighted by Gasteiger charge is 2.16. The number of hydrogen-bond acceptors (Lipinski definition) is 3. The van der Waals surface area contributed by atoms with Crippen molar-refractivity contribution in [1.29, 1.82) is 0 Å². The Bertz CT molecular complexity index is 485. The lowest BCUT2D eigenvalue weighted by atomic mass is 10.0. The van der Waals surface area contributed by atoms with Crippen molar-refractivity contribution in [1.82, 2.24) is 0 Å². The summed E-state index contributed by atoms with van der Waals surface area (Å²) in [7, 11) is 1.26. The lowest BCUT2D eigenvalue weighted by molar-refractivity contribution is 0.0597. The normalized spacial score (nSPS) is 9.65. The smallest absolute Gasteiger partial charge is 0.338 e. The zero-order chi connectivity index (χ0) is 13.0. The molecule has 1 aromatic carbocycles. The van der Waals surface area contributed by atoms with Crippen molar-refractivity contribution in [3.05, 3.63) is 46.0 Å². The van der Waals surface area contributed by atoms with Crippen LogP contribution in [-0.4, -0.2) is 18.9 Å². The summed E-state index contributed by atoms with van der Waals surface area (Å²) in [4.78, 5) is 23.4. The molecule has 0 unspecified atom stereocenters. The average molecular weight is 253 g/mol. The molecule has 0 aliphatic heterocycles. The Labute approximate surface area is 105 Å². The number of methoxy groups -OCH3 is 1. The molecule has 1 rings (SSSR count). The highest BCUT2D eigenvalue weighted by molar-refractivity contribution is 6.31. The van der Waals surface area contributed by atoms with Gasteiger partial charge in [-0.15, -0.1) is 0 Å². The second kappa shape index (κ2) is 5.64. The topological polar surface area (TPSA) is 43.4 Å². The van der Waals surface area contributed by atoms with Crippen LogP contribution in [0, 0.1) is 0 Å². The Morgan fingerprint density at radius 3 is 2.41 bits per heavy atom. The van der Waals surface area contributed by atoms with Gasteiger partial charge in [0, 0.05) is 10.6 Å². The molecule has 0 spiro atoms. The fourth-order valence-electron chi connectivity index (χ4n) is 1.35. The number of ketones is 1. The van der Waals surface area contributed by atoms with Gasteiger partial charge in [0.05, 0.1) is 12.7 Å². The van der Waals surface area contributed by atoms with E-state index in [0.29, 0.717) is 10.6 Å². The standard InChI is InChI=1S/C13H13ClO3/c1-8(2)6-12(15)10-5-4-9(14)7-11(10)13(16)17-3/h4-7H,1-3H3. The van der Waals surface area contributed by atoms with Gasteiger partial charge in [-0.1, -0.05) is 17.2 Å². The van der Waals surface area contributed by atoms with Crippen molar-refractivity contribution in [3.63, 3.8) is 0 Å². The number of benzene rings is 1. The Morgan fingerprint density at radius 2 is 1.88 bits per heavy atom. The number of esters is 1. The van der Waals surface area contributed by atoms with Crippen LogP contribution in [0.5, 0.6) is 0 Å². The third kappa shape index (κ3) is 3.43. The molecule has 0 amide bonds. The van der Waals surface area contributed by atoms with Crippen LogP contribution in [0.15, 0.2) is 29.8 Å². The molecule has 1 aromatic rings. The van der Waals surface area contributed by atoms with E-state index < -0.39 is 5.97 Å². The van der Waals surface area contributed by atoms with Gasteiger partial charge in [0.15, 0.2) is 5.78 Å². The van der Waals surface area contributed by atoms with E-state index in [-0.39, 0.29) is 11.3 Å². The molecule has 0 saturated carbocycles.